The van der Waals surface area contributed by atoms with E-state index in [4.69, 9.17) is 9.47 Å². The second kappa shape index (κ2) is 9.88. The molecular weight excluding hydrogens is 501 g/mol. The Labute approximate surface area is 207 Å². The fourth-order valence-corrected chi connectivity index (χ4v) is 4.69. The van der Waals surface area contributed by atoms with E-state index in [1.165, 1.54) is 6.92 Å². The molecule has 13 heteroatoms. The zero-order valence-corrected chi connectivity index (χ0v) is 20.5. The monoisotopic (exact) mass is 524 g/mol. The Hall–Kier alpha value is -3.48. The molecule has 3 heterocycles. The summed E-state index contributed by atoms with van der Waals surface area (Å²) in [7, 11) is 0. The van der Waals surface area contributed by atoms with E-state index in [1.807, 2.05) is 6.92 Å². The third-order valence-electron chi connectivity index (χ3n) is 5.50. The van der Waals surface area contributed by atoms with Crippen molar-refractivity contribution in [1.29, 1.82) is 0 Å². The van der Waals surface area contributed by atoms with Crippen LogP contribution in [0.15, 0.2) is 12.3 Å². The third kappa shape index (κ3) is 4.92. The van der Waals surface area contributed by atoms with Crippen LogP contribution >= 0.6 is 11.3 Å². The number of aromatic nitrogens is 3. The molecule has 192 valence electrons. The minimum absolute atomic E-state index is 0.00963. The maximum Gasteiger partial charge on any atom is 0.433 e. The van der Waals surface area contributed by atoms with Gasteiger partial charge in [0, 0.05) is 11.6 Å². The van der Waals surface area contributed by atoms with E-state index in [2.05, 4.69) is 15.4 Å². The predicted molar refractivity (Wildman–Crippen MR) is 124 cm³/mol. The molecule has 0 bridgehead atoms. The molecule has 4 rings (SSSR count). The largest absolute Gasteiger partial charge is 0.462 e. The van der Waals surface area contributed by atoms with Crippen LogP contribution in [0.25, 0.3) is 5.65 Å². The lowest BCUT2D eigenvalue weighted by Gasteiger charge is -2.11. The molecule has 0 atom stereocenters. The summed E-state index contributed by atoms with van der Waals surface area (Å²) in [6, 6.07) is 0.954. The van der Waals surface area contributed by atoms with Gasteiger partial charge in [0.05, 0.1) is 25.0 Å². The molecule has 0 spiro atoms. The van der Waals surface area contributed by atoms with Crippen molar-refractivity contribution in [3.63, 3.8) is 0 Å². The number of alkyl halides is 3. The molecule has 0 saturated heterocycles. The van der Waals surface area contributed by atoms with Crippen molar-refractivity contribution in [2.45, 2.75) is 52.1 Å². The maximum atomic E-state index is 13.7. The van der Waals surface area contributed by atoms with E-state index in [9.17, 15) is 27.6 Å². The summed E-state index contributed by atoms with van der Waals surface area (Å²) < 4.78 is 51.9. The molecular formula is C23H23F3N4O5S. The number of carbonyl (C=O) groups is 3. The van der Waals surface area contributed by atoms with Gasteiger partial charge >= 0.3 is 18.1 Å². The van der Waals surface area contributed by atoms with Crippen molar-refractivity contribution in [3.8, 4) is 0 Å². The number of anilines is 1. The quantitative estimate of drug-likeness (QED) is 0.413. The first-order valence-corrected chi connectivity index (χ1v) is 12.1. The summed E-state index contributed by atoms with van der Waals surface area (Å²) in [5, 5.41) is 6.30. The molecule has 3 aromatic rings. The summed E-state index contributed by atoms with van der Waals surface area (Å²) in [5.74, 6) is -2.36. The van der Waals surface area contributed by atoms with E-state index < -0.39 is 29.7 Å². The molecule has 3 aromatic heterocycles. The molecule has 0 aromatic carbocycles. The minimum Gasteiger partial charge on any atom is -0.462 e. The molecule has 0 radical (unpaired) electrons. The summed E-state index contributed by atoms with van der Waals surface area (Å²) in [4.78, 5) is 42.7. The van der Waals surface area contributed by atoms with Gasteiger partial charge in [0.25, 0.3) is 5.91 Å². The van der Waals surface area contributed by atoms with Gasteiger partial charge in [-0.25, -0.2) is 19.1 Å². The second-order valence-electron chi connectivity index (χ2n) is 8.20. The van der Waals surface area contributed by atoms with Crippen molar-refractivity contribution in [2.75, 3.05) is 18.5 Å². The lowest BCUT2D eigenvalue weighted by Crippen LogP contribution is -2.17. The SMILES string of the molecule is CCCOC(=O)c1c(NC(=O)c2cnn3c(C(F)(F)F)cc(C4CC4)nc23)sc(C(=O)OCC)c1C. The van der Waals surface area contributed by atoms with E-state index in [-0.39, 0.29) is 57.0 Å². The van der Waals surface area contributed by atoms with Crippen LogP contribution in [0, 0.1) is 6.92 Å². The number of nitrogens with zero attached hydrogens (tertiary/aromatic N) is 3. The highest BCUT2D eigenvalue weighted by Gasteiger charge is 2.38. The summed E-state index contributed by atoms with van der Waals surface area (Å²) >= 11 is 0.817. The summed E-state index contributed by atoms with van der Waals surface area (Å²) in [5.41, 5.74) is -1.01. The van der Waals surface area contributed by atoms with Crippen molar-refractivity contribution in [2.24, 2.45) is 0 Å². The van der Waals surface area contributed by atoms with Gasteiger partial charge in [-0.05, 0) is 44.7 Å². The van der Waals surface area contributed by atoms with Crippen LogP contribution in [0.4, 0.5) is 18.2 Å². The highest BCUT2D eigenvalue weighted by atomic mass is 32.1. The number of nitrogens with one attached hydrogen (secondary N) is 1. The van der Waals surface area contributed by atoms with Crippen LogP contribution in [0.2, 0.25) is 0 Å². The van der Waals surface area contributed by atoms with E-state index in [0.29, 0.717) is 23.8 Å². The average molecular weight is 525 g/mol. The first-order valence-electron chi connectivity index (χ1n) is 11.3. The number of hydrogen-bond acceptors (Lipinski definition) is 8. The number of halogens is 3. The number of carbonyl (C=O) groups excluding carboxylic acids is 3. The van der Waals surface area contributed by atoms with Crippen molar-refractivity contribution >= 4 is 39.8 Å². The first-order chi connectivity index (χ1) is 17.1. The molecule has 0 aliphatic heterocycles. The second-order valence-corrected chi connectivity index (χ2v) is 9.22. The van der Waals surface area contributed by atoms with Crippen LogP contribution in [-0.4, -0.2) is 45.7 Å². The minimum atomic E-state index is -4.71. The van der Waals surface area contributed by atoms with Crippen LogP contribution in [-0.2, 0) is 15.7 Å². The molecule has 1 N–H and O–H groups in total. The fraction of sp³-hybridized carbons (Fsp3) is 0.435. The normalized spacial score (nSPS) is 13.6. The lowest BCUT2D eigenvalue weighted by molar-refractivity contribution is -0.142. The number of ether oxygens (including phenoxy) is 2. The number of esters is 2. The highest BCUT2D eigenvalue weighted by Crippen LogP contribution is 2.41. The Morgan fingerprint density at radius 3 is 2.53 bits per heavy atom. The molecule has 36 heavy (non-hydrogen) atoms. The first kappa shape index (κ1) is 25.6. The van der Waals surface area contributed by atoms with Crippen molar-refractivity contribution < 1.29 is 37.0 Å². The number of rotatable bonds is 8. The van der Waals surface area contributed by atoms with Gasteiger partial charge in [-0.15, -0.1) is 11.3 Å². The van der Waals surface area contributed by atoms with Crippen LogP contribution in [0.3, 0.4) is 0 Å². The lowest BCUT2D eigenvalue weighted by atomic mass is 10.1. The number of hydrogen-bond donors (Lipinski definition) is 1. The maximum absolute atomic E-state index is 13.7. The van der Waals surface area contributed by atoms with Gasteiger partial charge in [0.15, 0.2) is 5.65 Å². The van der Waals surface area contributed by atoms with Gasteiger partial charge in [-0.1, -0.05) is 6.92 Å². The zero-order chi connectivity index (χ0) is 26.2. The van der Waals surface area contributed by atoms with Gasteiger partial charge in [0.1, 0.15) is 21.1 Å². The Morgan fingerprint density at radius 2 is 1.92 bits per heavy atom. The zero-order valence-electron chi connectivity index (χ0n) is 19.7. The molecule has 1 aliphatic rings. The number of fused-ring (bicyclic) bond motifs is 1. The molecule has 1 amide bonds. The van der Waals surface area contributed by atoms with E-state index in [0.717, 1.165) is 23.6 Å². The van der Waals surface area contributed by atoms with Crippen LogP contribution < -0.4 is 5.32 Å². The Bertz CT molecular complexity index is 1340. The van der Waals surface area contributed by atoms with Gasteiger partial charge in [-0.2, -0.15) is 18.3 Å². The number of thiophene rings is 1. The van der Waals surface area contributed by atoms with Crippen molar-refractivity contribution in [1.82, 2.24) is 14.6 Å². The molecule has 1 saturated carbocycles. The van der Waals surface area contributed by atoms with Crippen LogP contribution in [0.1, 0.15) is 86.4 Å². The standard InChI is InChI=1S/C23H23F3N4O5S/c1-4-8-35-21(32)16-11(3)17(22(33)34-5-2)36-20(16)29-19(31)13-10-27-30-15(23(24,25)26)9-14(12-6-7-12)28-18(13)30/h9-10,12H,4-8H2,1-3H3,(H,29,31). The van der Waals surface area contributed by atoms with E-state index in [1.54, 1.807) is 6.92 Å². The van der Waals surface area contributed by atoms with Gasteiger partial charge in [-0.3, -0.25) is 4.79 Å². The summed E-state index contributed by atoms with van der Waals surface area (Å²) in [6.07, 6.45) is -1.74. The Morgan fingerprint density at radius 1 is 1.19 bits per heavy atom. The molecule has 9 nitrogen and oxygen atoms in total. The molecule has 1 fully saturated rings. The van der Waals surface area contributed by atoms with E-state index >= 15 is 0 Å². The average Bonchev–Trinajstić information content (AvgIpc) is 3.50. The Kier molecular flexibility index (Phi) is 7.03. The predicted octanol–water partition coefficient (Wildman–Crippen LogP) is 4.99. The van der Waals surface area contributed by atoms with Gasteiger partial charge in [0.2, 0.25) is 0 Å². The fourth-order valence-electron chi connectivity index (χ4n) is 3.61. The van der Waals surface area contributed by atoms with Crippen LogP contribution in [0.5, 0.6) is 0 Å². The highest BCUT2D eigenvalue weighted by molar-refractivity contribution is 7.18. The molecule has 0 unspecified atom stereocenters. The van der Waals surface area contributed by atoms with Crippen molar-refractivity contribution in [3.05, 3.63) is 45.2 Å². The number of amides is 1. The summed E-state index contributed by atoms with van der Waals surface area (Å²) in [6.45, 7) is 5.19. The Balaban J connectivity index is 1.75. The van der Waals surface area contributed by atoms with Gasteiger partial charge < -0.3 is 14.8 Å². The third-order valence-corrected chi connectivity index (χ3v) is 6.69. The molecule has 1 aliphatic carbocycles. The smallest absolute Gasteiger partial charge is 0.433 e. The topological polar surface area (TPSA) is 112 Å².